The lowest BCUT2D eigenvalue weighted by Crippen LogP contribution is -2.47. The summed E-state index contributed by atoms with van der Waals surface area (Å²) in [7, 11) is -1.88. The highest BCUT2D eigenvalue weighted by molar-refractivity contribution is 7.90. The zero-order chi connectivity index (χ0) is 31.9. The average molecular weight is 629 g/mol. The van der Waals surface area contributed by atoms with E-state index < -0.39 is 21.4 Å². The number of H-pyrrole nitrogens is 1. The fraction of sp³-hybridized carbons (Fsp3) is 0.235. The number of nitrogens with one attached hydrogen (secondary N) is 2. The lowest BCUT2D eigenvalue weighted by molar-refractivity contribution is -0.110. The summed E-state index contributed by atoms with van der Waals surface area (Å²) in [6.07, 6.45) is 1.66. The van der Waals surface area contributed by atoms with Crippen molar-refractivity contribution in [3.63, 3.8) is 0 Å². The monoisotopic (exact) mass is 628 g/mol. The first-order chi connectivity index (χ1) is 21.5. The Morgan fingerprint density at radius 1 is 0.978 bits per heavy atom. The minimum absolute atomic E-state index is 0.0116. The maximum atomic E-state index is 14.2. The number of para-hydroxylation sites is 2. The number of benzene rings is 3. The Labute approximate surface area is 261 Å². The number of nitrogens with zero attached hydrogens (tertiary/aromatic N) is 2. The second-order valence-electron chi connectivity index (χ2n) is 11.4. The molecule has 2 N–H and O–H groups in total. The van der Waals surface area contributed by atoms with Crippen LogP contribution in [0, 0.1) is 19.7 Å². The molecule has 1 fully saturated rings. The maximum absolute atomic E-state index is 14.2. The van der Waals surface area contributed by atoms with E-state index in [1.807, 2.05) is 25.8 Å². The zero-order valence-corrected chi connectivity index (χ0v) is 26.0. The number of hydrogen-bond donors (Lipinski definition) is 2. The van der Waals surface area contributed by atoms with Crippen LogP contribution < -0.4 is 10.1 Å². The highest BCUT2D eigenvalue weighted by atomic mass is 32.2. The molecule has 232 valence electrons. The topological polar surface area (TPSA) is 112 Å². The van der Waals surface area contributed by atoms with Crippen molar-refractivity contribution in [3.05, 3.63) is 106 Å². The van der Waals surface area contributed by atoms with E-state index in [0.29, 0.717) is 46.9 Å². The molecule has 2 aliphatic heterocycles. The van der Waals surface area contributed by atoms with E-state index >= 15 is 0 Å². The average Bonchev–Trinajstić information content (AvgIpc) is 3.48. The first-order valence-corrected chi connectivity index (χ1v) is 16.2. The number of hydrogen-bond acceptors (Lipinski definition) is 6. The van der Waals surface area contributed by atoms with Crippen molar-refractivity contribution in [1.29, 1.82) is 0 Å². The number of amides is 2. The molecular formula is C34H33FN4O5S. The van der Waals surface area contributed by atoms with Gasteiger partial charge in [0.25, 0.3) is 11.8 Å². The number of piperazine rings is 1. The molecule has 3 heterocycles. The molecule has 0 saturated carbocycles. The van der Waals surface area contributed by atoms with Gasteiger partial charge in [-0.05, 0) is 68.9 Å². The van der Waals surface area contributed by atoms with Crippen LogP contribution in [0.4, 0.5) is 10.1 Å². The molecule has 0 bridgehead atoms. The minimum Gasteiger partial charge on any atom is -0.454 e. The number of aromatic amines is 1. The van der Waals surface area contributed by atoms with Crippen molar-refractivity contribution in [1.82, 2.24) is 14.8 Å². The molecule has 2 aliphatic rings. The Hall–Kier alpha value is -4.74. The Morgan fingerprint density at radius 2 is 1.67 bits per heavy atom. The van der Waals surface area contributed by atoms with Crippen molar-refractivity contribution < 1.29 is 27.1 Å². The number of aryl methyl sites for hydroxylation is 1. The molecule has 1 saturated heterocycles. The molecule has 0 aliphatic carbocycles. The van der Waals surface area contributed by atoms with E-state index in [4.69, 9.17) is 4.74 Å². The van der Waals surface area contributed by atoms with E-state index in [1.54, 1.807) is 48.5 Å². The van der Waals surface area contributed by atoms with E-state index in [-0.39, 0.29) is 33.8 Å². The van der Waals surface area contributed by atoms with Gasteiger partial charge in [-0.1, -0.05) is 30.3 Å². The van der Waals surface area contributed by atoms with Gasteiger partial charge in [0.15, 0.2) is 21.4 Å². The minimum atomic E-state index is -3.91. The van der Waals surface area contributed by atoms with Crippen molar-refractivity contribution >= 4 is 39.0 Å². The van der Waals surface area contributed by atoms with Crippen LogP contribution in [0.3, 0.4) is 0 Å². The van der Waals surface area contributed by atoms with Gasteiger partial charge in [0.05, 0.1) is 21.8 Å². The Kier molecular flexibility index (Phi) is 8.07. The SMILES string of the molecule is Cc1[nH]c(/C=C2\C(=O)Nc3ccc(S(=O)(=O)Cc4ccccc4Oc4ccccc4F)cc32)c(C)c1C(=O)N1CCN(C)CC1. The molecule has 0 radical (unpaired) electrons. The quantitative estimate of drug-likeness (QED) is 0.265. The van der Waals surface area contributed by atoms with Crippen LogP contribution >= 0.6 is 0 Å². The third-order valence-electron chi connectivity index (χ3n) is 8.28. The first-order valence-electron chi connectivity index (χ1n) is 14.6. The highest BCUT2D eigenvalue weighted by Crippen LogP contribution is 2.37. The molecule has 45 heavy (non-hydrogen) atoms. The fourth-order valence-electron chi connectivity index (χ4n) is 5.71. The van der Waals surface area contributed by atoms with Crippen molar-refractivity contribution in [2.75, 3.05) is 38.5 Å². The standard InChI is InChI=1S/C34H33FN4O5S/c1-21-29(36-22(2)32(21)34(41)39-16-14-38(3)15-17-39)19-26-25-18-24(12-13-28(25)37-33(26)40)45(42,43)20-23-8-4-6-10-30(23)44-31-11-7-5-9-27(31)35/h4-13,18-19,36H,14-17,20H2,1-3H3,(H,37,40)/b26-19-. The Balaban J connectivity index is 1.29. The van der Waals surface area contributed by atoms with Gasteiger partial charge < -0.3 is 24.8 Å². The molecule has 1 aromatic heterocycles. The van der Waals surface area contributed by atoms with Crippen LogP contribution in [0.5, 0.6) is 11.5 Å². The van der Waals surface area contributed by atoms with Gasteiger partial charge >= 0.3 is 0 Å². The number of likely N-dealkylation sites (N-methyl/N-ethyl adjacent to an activating group) is 1. The fourth-order valence-corrected chi connectivity index (χ4v) is 7.10. The summed E-state index contributed by atoms with van der Waals surface area (Å²) in [5.41, 5.74) is 4.19. The number of carbonyl (C=O) groups excluding carboxylic acids is 2. The number of aromatic nitrogens is 1. The largest absolute Gasteiger partial charge is 0.454 e. The first kappa shape index (κ1) is 30.3. The number of fused-ring (bicyclic) bond motifs is 1. The number of sulfone groups is 1. The smallest absolute Gasteiger partial charge is 0.256 e. The maximum Gasteiger partial charge on any atom is 0.256 e. The summed E-state index contributed by atoms with van der Waals surface area (Å²) in [6.45, 7) is 6.56. The summed E-state index contributed by atoms with van der Waals surface area (Å²) in [5, 5.41) is 2.81. The van der Waals surface area contributed by atoms with Gasteiger partial charge in [0, 0.05) is 54.4 Å². The number of halogens is 1. The van der Waals surface area contributed by atoms with Gasteiger partial charge in [0.1, 0.15) is 5.75 Å². The summed E-state index contributed by atoms with van der Waals surface area (Å²) < 4.78 is 47.3. The normalized spacial score (nSPS) is 16.1. The molecule has 4 aromatic rings. The van der Waals surface area contributed by atoms with Crippen molar-refractivity contribution in [2.24, 2.45) is 0 Å². The van der Waals surface area contributed by atoms with Crippen LogP contribution in [0.2, 0.25) is 0 Å². The predicted octanol–water partition coefficient (Wildman–Crippen LogP) is 5.42. The van der Waals surface area contributed by atoms with Crippen LogP contribution in [0.15, 0.2) is 71.6 Å². The summed E-state index contributed by atoms with van der Waals surface area (Å²) in [6, 6.07) is 17.0. The van der Waals surface area contributed by atoms with E-state index in [2.05, 4.69) is 15.2 Å². The van der Waals surface area contributed by atoms with Crippen molar-refractivity contribution in [2.45, 2.75) is 24.5 Å². The molecule has 11 heteroatoms. The highest BCUT2D eigenvalue weighted by Gasteiger charge is 2.30. The summed E-state index contributed by atoms with van der Waals surface area (Å²) >= 11 is 0. The molecule has 0 atom stereocenters. The van der Waals surface area contributed by atoms with Gasteiger partial charge in [-0.2, -0.15) is 0 Å². The van der Waals surface area contributed by atoms with Gasteiger partial charge in [0.2, 0.25) is 0 Å². The van der Waals surface area contributed by atoms with E-state index in [1.165, 1.54) is 24.3 Å². The predicted molar refractivity (Wildman–Crippen MR) is 170 cm³/mol. The number of rotatable bonds is 7. The van der Waals surface area contributed by atoms with Crippen LogP contribution in [0.1, 0.15) is 38.4 Å². The van der Waals surface area contributed by atoms with Gasteiger partial charge in [-0.15, -0.1) is 0 Å². The molecule has 6 rings (SSSR count). The van der Waals surface area contributed by atoms with E-state index in [9.17, 15) is 22.4 Å². The number of anilines is 1. The molecule has 3 aromatic carbocycles. The Morgan fingerprint density at radius 3 is 2.40 bits per heavy atom. The number of carbonyl (C=O) groups is 2. The molecule has 0 spiro atoms. The molecule has 9 nitrogen and oxygen atoms in total. The summed E-state index contributed by atoms with van der Waals surface area (Å²) in [5.74, 6) is -1.17. The second-order valence-corrected chi connectivity index (χ2v) is 13.4. The number of ether oxygens (including phenoxy) is 1. The Bertz CT molecular complexity index is 1960. The second kappa shape index (κ2) is 12.0. The molecule has 2 amide bonds. The van der Waals surface area contributed by atoms with E-state index in [0.717, 1.165) is 18.7 Å². The zero-order valence-electron chi connectivity index (χ0n) is 25.2. The van der Waals surface area contributed by atoms with Crippen LogP contribution in [-0.2, 0) is 20.4 Å². The summed E-state index contributed by atoms with van der Waals surface area (Å²) in [4.78, 5) is 33.8. The molecular weight excluding hydrogens is 595 g/mol. The molecule has 0 unspecified atom stereocenters. The van der Waals surface area contributed by atoms with Crippen LogP contribution in [-0.4, -0.2) is 68.2 Å². The van der Waals surface area contributed by atoms with Crippen molar-refractivity contribution in [3.8, 4) is 11.5 Å². The lowest BCUT2D eigenvalue weighted by Gasteiger charge is -2.32. The third-order valence-corrected chi connectivity index (χ3v) is 9.94. The third kappa shape index (κ3) is 6.01. The van der Waals surface area contributed by atoms with Gasteiger partial charge in [-0.3, -0.25) is 9.59 Å². The van der Waals surface area contributed by atoms with Gasteiger partial charge in [-0.25, -0.2) is 12.8 Å². The van der Waals surface area contributed by atoms with Crippen LogP contribution in [0.25, 0.3) is 11.6 Å². The lowest BCUT2D eigenvalue weighted by atomic mass is 10.0.